The summed E-state index contributed by atoms with van der Waals surface area (Å²) in [6.07, 6.45) is 3.46. The standard InChI is InChI=1S/C13H14BrN3OS/c1-9(10-3-2-5-15-7-10)17-13(18)16-8-12-11(14)4-6-19-12/h2-7,9H,8H2,1H3,(H2,16,17,18)/t9-/m1/s1. The normalized spacial score (nSPS) is 11.9. The number of hydrogen-bond acceptors (Lipinski definition) is 3. The number of urea groups is 1. The third-order valence-electron chi connectivity index (χ3n) is 2.63. The van der Waals surface area contributed by atoms with Crippen molar-refractivity contribution in [3.05, 3.63) is 50.9 Å². The summed E-state index contributed by atoms with van der Waals surface area (Å²) in [4.78, 5) is 16.9. The van der Waals surface area contributed by atoms with E-state index in [0.717, 1.165) is 14.9 Å². The smallest absolute Gasteiger partial charge is 0.315 e. The summed E-state index contributed by atoms with van der Waals surface area (Å²) in [6.45, 7) is 2.45. The maximum absolute atomic E-state index is 11.8. The predicted octanol–water partition coefficient (Wildman–Crippen LogP) is 3.47. The van der Waals surface area contributed by atoms with Crippen molar-refractivity contribution < 1.29 is 4.79 Å². The van der Waals surface area contributed by atoms with Crippen LogP contribution in [0.15, 0.2) is 40.4 Å². The maximum atomic E-state index is 11.8. The molecule has 0 aromatic carbocycles. The zero-order valence-corrected chi connectivity index (χ0v) is 12.8. The van der Waals surface area contributed by atoms with Crippen LogP contribution < -0.4 is 10.6 Å². The third-order valence-corrected chi connectivity index (χ3v) is 4.56. The van der Waals surface area contributed by atoms with Crippen molar-refractivity contribution in [1.82, 2.24) is 15.6 Å². The van der Waals surface area contributed by atoms with Gasteiger partial charge in [0.25, 0.3) is 0 Å². The van der Waals surface area contributed by atoms with E-state index < -0.39 is 0 Å². The molecule has 0 radical (unpaired) electrons. The summed E-state index contributed by atoms with van der Waals surface area (Å²) in [7, 11) is 0. The quantitative estimate of drug-likeness (QED) is 0.896. The summed E-state index contributed by atoms with van der Waals surface area (Å²) < 4.78 is 1.03. The van der Waals surface area contributed by atoms with Gasteiger partial charge in [-0.25, -0.2) is 4.79 Å². The third kappa shape index (κ3) is 4.04. The van der Waals surface area contributed by atoms with Gasteiger partial charge in [0.15, 0.2) is 0 Å². The lowest BCUT2D eigenvalue weighted by molar-refractivity contribution is 0.237. The van der Waals surface area contributed by atoms with Gasteiger partial charge in [0.05, 0.1) is 12.6 Å². The zero-order valence-electron chi connectivity index (χ0n) is 10.4. The number of aromatic nitrogens is 1. The van der Waals surface area contributed by atoms with Crippen LogP contribution in [-0.2, 0) is 6.54 Å². The summed E-state index contributed by atoms with van der Waals surface area (Å²) in [6, 6.07) is 5.51. The largest absolute Gasteiger partial charge is 0.333 e. The molecule has 2 aromatic rings. The fraction of sp³-hybridized carbons (Fsp3) is 0.231. The number of pyridine rings is 1. The molecule has 2 rings (SSSR count). The molecule has 1 atom stereocenters. The van der Waals surface area contributed by atoms with Gasteiger partial charge in [-0.3, -0.25) is 4.98 Å². The highest BCUT2D eigenvalue weighted by atomic mass is 79.9. The van der Waals surface area contributed by atoms with E-state index in [1.807, 2.05) is 30.5 Å². The van der Waals surface area contributed by atoms with Gasteiger partial charge in [-0.2, -0.15) is 0 Å². The first-order valence-electron chi connectivity index (χ1n) is 5.83. The molecule has 6 heteroatoms. The zero-order chi connectivity index (χ0) is 13.7. The first-order chi connectivity index (χ1) is 9.16. The molecule has 0 unspecified atom stereocenters. The highest BCUT2D eigenvalue weighted by Gasteiger charge is 2.09. The average Bonchev–Trinajstić information content (AvgIpc) is 2.83. The average molecular weight is 340 g/mol. The predicted molar refractivity (Wildman–Crippen MR) is 80.0 cm³/mol. The van der Waals surface area contributed by atoms with Gasteiger partial charge in [-0.05, 0) is 45.9 Å². The Balaban J connectivity index is 1.83. The SMILES string of the molecule is C[C@@H](NC(=O)NCc1sccc1Br)c1cccnc1. The first kappa shape index (κ1) is 14.0. The summed E-state index contributed by atoms with van der Waals surface area (Å²) in [5.41, 5.74) is 0.981. The minimum atomic E-state index is -0.184. The monoisotopic (exact) mass is 339 g/mol. The van der Waals surface area contributed by atoms with Gasteiger partial charge in [-0.1, -0.05) is 6.07 Å². The van der Waals surface area contributed by atoms with Crippen molar-refractivity contribution in [2.45, 2.75) is 19.5 Å². The highest BCUT2D eigenvalue weighted by molar-refractivity contribution is 9.10. The van der Waals surface area contributed by atoms with E-state index in [1.165, 1.54) is 0 Å². The number of hydrogen-bond donors (Lipinski definition) is 2. The molecular weight excluding hydrogens is 326 g/mol. The Hall–Kier alpha value is -1.40. The Morgan fingerprint density at radius 1 is 1.53 bits per heavy atom. The lowest BCUT2D eigenvalue weighted by Gasteiger charge is -2.14. The lowest BCUT2D eigenvalue weighted by atomic mass is 10.1. The van der Waals surface area contributed by atoms with E-state index in [9.17, 15) is 4.79 Å². The molecule has 2 N–H and O–H groups in total. The van der Waals surface area contributed by atoms with Crippen molar-refractivity contribution in [2.75, 3.05) is 0 Å². The van der Waals surface area contributed by atoms with Crippen molar-refractivity contribution >= 4 is 33.3 Å². The molecule has 0 spiro atoms. The van der Waals surface area contributed by atoms with E-state index in [0.29, 0.717) is 6.54 Å². The number of amides is 2. The van der Waals surface area contributed by atoms with Crippen LogP contribution in [0.2, 0.25) is 0 Å². The number of carbonyl (C=O) groups excluding carboxylic acids is 1. The topological polar surface area (TPSA) is 54.0 Å². The molecule has 0 fully saturated rings. The van der Waals surface area contributed by atoms with Crippen LogP contribution in [0.3, 0.4) is 0 Å². The number of nitrogens with one attached hydrogen (secondary N) is 2. The maximum Gasteiger partial charge on any atom is 0.315 e. The van der Waals surface area contributed by atoms with Gasteiger partial charge in [0, 0.05) is 21.7 Å². The van der Waals surface area contributed by atoms with Crippen molar-refractivity contribution in [3.63, 3.8) is 0 Å². The number of thiophene rings is 1. The van der Waals surface area contributed by atoms with Gasteiger partial charge < -0.3 is 10.6 Å². The molecule has 100 valence electrons. The van der Waals surface area contributed by atoms with Crippen molar-refractivity contribution in [3.8, 4) is 0 Å². The molecule has 19 heavy (non-hydrogen) atoms. The molecule has 0 aliphatic rings. The van der Waals surface area contributed by atoms with Gasteiger partial charge in [-0.15, -0.1) is 11.3 Å². The molecule has 2 heterocycles. The molecular formula is C13H14BrN3OS. The van der Waals surface area contributed by atoms with Crippen LogP contribution in [0, 0.1) is 0 Å². The highest BCUT2D eigenvalue weighted by Crippen LogP contribution is 2.22. The Morgan fingerprint density at radius 2 is 2.37 bits per heavy atom. The van der Waals surface area contributed by atoms with E-state index >= 15 is 0 Å². The lowest BCUT2D eigenvalue weighted by Crippen LogP contribution is -2.36. The molecule has 0 aliphatic heterocycles. The Kier molecular flexibility index (Phi) is 4.93. The minimum Gasteiger partial charge on any atom is -0.333 e. The van der Waals surface area contributed by atoms with Crippen LogP contribution in [0.25, 0.3) is 0 Å². The van der Waals surface area contributed by atoms with Crippen LogP contribution in [-0.4, -0.2) is 11.0 Å². The second-order valence-electron chi connectivity index (χ2n) is 4.03. The van der Waals surface area contributed by atoms with Crippen LogP contribution in [0.5, 0.6) is 0 Å². The van der Waals surface area contributed by atoms with Gasteiger partial charge >= 0.3 is 6.03 Å². The molecule has 2 amide bonds. The fourth-order valence-electron chi connectivity index (χ4n) is 1.57. The molecule has 2 aromatic heterocycles. The molecule has 0 bridgehead atoms. The Labute approximate surface area is 124 Å². The van der Waals surface area contributed by atoms with Crippen LogP contribution >= 0.6 is 27.3 Å². The first-order valence-corrected chi connectivity index (χ1v) is 7.50. The van der Waals surface area contributed by atoms with Gasteiger partial charge in [0.2, 0.25) is 0 Å². The summed E-state index contributed by atoms with van der Waals surface area (Å²) in [5, 5.41) is 7.70. The van der Waals surface area contributed by atoms with E-state index in [2.05, 4.69) is 31.5 Å². The van der Waals surface area contributed by atoms with E-state index in [4.69, 9.17) is 0 Å². The van der Waals surface area contributed by atoms with Crippen LogP contribution in [0.1, 0.15) is 23.4 Å². The number of nitrogens with zero attached hydrogens (tertiary/aromatic N) is 1. The van der Waals surface area contributed by atoms with E-state index in [-0.39, 0.29) is 12.1 Å². The molecule has 4 nitrogen and oxygen atoms in total. The Bertz CT molecular complexity index is 544. The summed E-state index contributed by atoms with van der Waals surface area (Å²) >= 11 is 5.04. The second-order valence-corrected chi connectivity index (χ2v) is 5.88. The number of rotatable bonds is 4. The van der Waals surface area contributed by atoms with E-state index in [1.54, 1.807) is 23.7 Å². The Morgan fingerprint density at radius 3 is 3.00 bits per heavy atom. The van der Waals surface area contributed by atoms with Crippen molar-refractivity contribution in [2.24, 2.45) is 0 Å². The van der Waals surface area contributed by atoms with Gasteiger partial charge in [0.1, 0.15) is 0 Å². The van der Waals surface area contributed by atoms with Crippen molar-refractivity contribution in [1.29, 1.82) is 0 Å². The number of halogens is 1. The van der Waals surface area contributed by atoms with Crippen LogP contribution in [0.4, 0.5) is 4.79 Å². The molecule has 0 aliphatic carbocycles. The second kappa shape index (κ2) is 6.68. The molecule has 0 saturated carbocycles. The molecule has 0 saturated heterocycles. The minimum absolute atomic E-state index is 0.0690. The fourth-order valence-corrected chi connectivity index (χ4v) is 3.01. The number of carbonyl (C=O) groups is 1. The summed E-state index contributed by atoms with van der Waals surface area (Å²) in [5.74, 6) is 0.